The van der Waals surface area contributed by atoms with Gasteiger partial charge in [0, 0.05) is 20.8 Å². The number of hydrogen-bond acceptors (Lipinski definition) is 10. The van der Waals surface area contributed by atoms with Crippen molar-refractivity contribution < 1.29 is 65.5 Å². The molecule has 0 aromatic heterocycles. The van der Waals surface area contributed by atoms with Crippen LogP contribution < -0.4 is 0 Å². The molecule has 0 saturated carbocycles. The molecule has 0 radical (unpaired) electrons. The minimum absolute atomic E-state index is 0. The molecule has 0 aromatic rings. The van der Waals surface area contributed by atoms with Crippen LogP contribution in [0.1, 0.15) is 0 Å². The Bertz CT molecular complexity index is 218. The standard InChI is InChI=1S/2Ba.2H2O4S.2H2O.Zn/c;;2*1-5(2,3)4;;;/h;;2*(H2,1,2,3,4);2*1H2;/q2*+2;;;;;+2/p-6. The van der Waals surface area contributed by atoms with E-state index in [9.17, 15) is 0 Å². The van der Waals surface area contributed by atoms with Gasteiger partial charge in [0.25, 0.3) is 0 Å². The van der Waals surface area contributed by atoms with Gasteiger partial charge in [-0.05, 0) is 0 Å². The average molecular weight is 566 g/mol. The fraction of sp³-hybridized carbons (Fsp3) is 0. The summed E-state index contributed by atoms with van der Waals surface area (Å²) in [6, 6.07) is 0. The second-order valence-electron chi connectivity index (χ2n) is 0.816. The van der Waals surface area contributed by atoms with Gasteiger partial charge < -0.3 is 29.2 Å². The van der Waals surface area contributed by atoms with Gasteiger partial charge in [0.05, 0.1) is 0 Å². The van der Waals surface area contributed by atoms with Crippen molar-refractivity contribution in [3.63, 3.8) is 0 Å². The summed E-state index contributed by atoms with van der Waals surface area (Å²) in [6.45, 7) is 0. The van der Waals surface area contributed by atoms with Crippen molar-refractivity contribution in [1.29, 1.82) is 0 Å². The summed E-state index contributed by atoms with van der Waals surface area (Å²) in [5, 5.41) is 0. The molecule has 15 heavy (non-hydrogen) atoms. The summed E-state index contributed by atoms with van der Waals surface area (Å²) in [5.74, 6) is 0. The molecule has 0 spiro atoms. The summed E-state index contributed by atoms with van der Waals surface area (Å²) in [5.41, 5.74) is 0. The van der Waals surface area contributed by atoms with Gasteiger partial charge in [0.1, 0.15) is 0 Å². The summed E-state index contributed by atoms with van der Waals surface area (Å²) in [6.07, 6.45) is 0. The third-order valence-corrected chi connectivity index (χ3v) is 0. The van der Waals surface area contributed by atoms with Gasteiger partial charge in [0.15, 0.2) is 0 Å². The van der Waals surface area contributed by atoms with Crippen molar-refractivity contribution in [2.75, 3.05) is 0 Å². The van der Waals surface area contributed by atoms with E-state index in [0.29, 0.717) is 0 Å². The van der Waals surface area contributed by atoms with E-state index in [1.54, 1.807) is 0 Å². The van der Waals surface area contributed by atoms with E-state index in [-0.39, 0.29) is 128 Å². The third kappa shape index (κ3) is 353. The Morgan fingerprint density at radius 2 is 0.600 bits per heavy atom. The first-order valence-electron chi connectivity index (χ1n) is 1.33. The first-order valence-corrected chi connectivity index (χ1v) is 4.00. The molecule has 10 nitrogen and oxygen atoms in total. The van der Waals surface area contributed by atoms with Crippen molar-refractivity contribution in [3.05, 3.63) is 0 Å². The Balaban J connectivity index is -0.0000000128. The van der Waals surface area contributed by atoms with Crippen molar-refractivity contribution >= 4 is 119 Å². The molecule has 2 N–H and O–H groups in total. The monoisotopic (exact) mass is 566 g/mol. The van der Waals surface area contributed by atoms with E-state index < -0.39 is 20.8 Å². The smallest absolute Gasteiger partial charge is 0.870 e. The number of hydrogen-bond donors (Lipinski definition) is 0. The maximum atomic E-state index is 8.52. The molecule has 0 heterocycles. The minimum Gasteiger partial charge on any atom is -0.870 e. The predicted octanol–water partition coefficient (Wildman–Crippen LogP) is -3.79. The quantitative estimate of drug-likeness (QED) is 0.158. The van der Waals surface area contributed by atoms with Crippen molar-refractivity contribution in [1.82, 2.24) is 0 Å². The summed E-state index contributed by atoms with van der Waals surface area (Å²) >= 11 is 0. The van der Waals surface area contributed by atoms with Gasteiger partial charge in [0.2, 0.25) is 0 Å². The van der Waals surface area contributed by atoms with Crippen LogP contribution in [0.3, 0.4) is 0 Å². The predicted molar refractivity (Wildman–Crippen MR) is 36.3 cm³/mol. The average Bonchev–Trinajstić information content (AvgIpc) is 1.12. The molecule has 15 heteroatoms. The molecule has 0 aliphatic rings. The second-order valence-corrected chi connectivity index (χ2v) is 2.45. The largest absolute Gasteiger partial charge is 2.00 e. The second kappa shape index (κ2) is 19.8. The third-order valence-electron chi connectivity index (χ3n) is 0. The topological polar surface area (TPSA) is 221 Å². The van der Waals surface area contributed by atoms with Crippen LogP contribution in [-0.4, -0.2) is 144 Å². The molecular formula is H2Ba2O10S2Zn. The molecule has 0 unspecified atom stereocenters. The number of rotatable bonds is 0. The van der Waals surface area contributed by atoms with Crippen LogP contribution >= 0.6 is 0 Å². The molecule has 0 aromatic carbocycles. The zero-order valence-electron chi connectivity index (χ0n) is 7.10. The van der Waals surface area contributed by atoms with Crippen LogP contribution in [0.5, 0.6) is 0 Å². The van der Waals surface area contributed by atoms with Gasteiger partial charge in [-0.1, -0.05) is 0 Å². The fourth-order valence-corrected chi connectivity index (χ4v) is 0. The van der Waals surface area contributed by atoms with Gasteiger partial charge in [-0.3, -0.25) is 16.8 Å². The first-order chi connectivity index (χ1) is 4.00. The van der Waals surface area contributed by atoms with E-state index >= 15 is 0 Å². The molecule has 0 aliphatic heterocycles. The maximum Gasteiger partial charge on any atom is 2.00 e. The Morgan fingerprint density at radius 1 is 0.600 bits per heavy atom. The molecular weight excluding hydrogens is 564 g/mol. The van der Waals surface area contributed by atoms with Gasteiger partial charge >= 0.3 is 117 Å². The van der Waals surface area contributed by atoms with Crippen LogP contribution in [0.2, 0.25) is 0 Å². The molecule has 0 rings (SSSR count). The minimum atomic E-state index is -5.17. The van der Waals surface area contributed by atoms with E-state index in [0.717, 1.165) is 0 Å². The molecule has 0 bridgehead atoms. The van der Waals surface area contributed by atoms with Gasteiger partial charge in [-0.15, -0.1) is 0 Å². The van der Waals surface area contributed by atoms with Gasteiger partial charge in [-0.2, -0.15) is 0 Å². The van der Waals surface area contributed by atoms with E-state index in [2.05, 4.69) is 0 Å². The van der Waals surface area contributed by atoms with Crippen molar-refractivity contribution in [2.24, 2.45) is 0 Å². The van der Waals surface area contributed by atoms with Gasteiger partial charge in [-0.25, -0.2) is 0 Å². The summed E-state index contributed by atoms with van der Waals surface area (Å²) < 4.78 is 68.2. The van der Waals surface area contributed by atoms with Crippen molar-refractivity contribution in [2.45, 2.75) is 0 Å². The van der Waals surface area contributed by atoms with Crippen LogP contribution in [0, 0.1) is 0 Å². The van der Waals surface area contributed by atoms with Crippen LogP contribution in [0.25, 0.3) is 0 Å². The molecule has 0 amide bonds. The normalized spacial score (nSPS) is 7.73. The van der Waals surface area contributed by atoms with E-state index in [1.807, 2.05) is 0 Å². The zero-order valence-corrected chi connectivity index (χ0v) is 20.6. The Morgan fingerprint density at radius 3 is 0.600 bits per heavy atom. The fourth-order valence-electron chi connectivity index (χ4n) is 0. The SMILES string of the molecule is O=S(=O)([O-])[O-].O=S(=O)([O-])[O-].[Ba+2].[Ba+2].[OH-].[OH-].[Zn+2]. The van der Waals surface area contributed by atoms with E-state index in [1.165, 1.54) is 0 Å². The Kier molecular flexibility index (Phi) is 56.5. The Labute approximate surface area is 180 Å². The van der Waals surface area contributed by atoms with Crippen molar-refractivity contribution in [3.8, 4) is 0 Å². The van der Waals surface area contributed by atoms with Crippen LogP contribution in [-0.2, 0) is 40.3 Å². The molecule has 0 aliphatic carbocycles. The summed E-state index contributed by atoms with van der Waals surface area (Å²) in [7, 11) is -10.3. The maximum absolute atomic E-state index is 8.52. The molecule has 0 fully saturated rings. The Hall–Kier alpha value is 3.43. The molecule has 0 saturated heterocycles. The molecule has 80 valence electrons. The van der Waals surface area contributed by atoms with Crippen LogP contribution in [0.15, 0.2) is 0 Å². The van der Waals surface area contributed by atoms with E-state index in [4.69, 9.17) is 35.0 Å². The summed E-state index contributed by atoms with van der Waals surface area (Å²) in [4.78, 5) is 0. The molecule has 0 atom stereocenters. The zero-order chi connectivity index (χ0) is 9.00. The van der Waals surface area contributed by atoms with Crippen LogP contribution in [0.4, 0.5) is 0 Å². The first kappa shape index (κ1) is 42.9.